The minimum absolute atomic E-state index is 0.413. The fraction of sp³-hybridized carbons (Fsp3) is 0.526. The van der Waals surface area contributed by atoms with Gasteiger partial charge in [0.2, 0.25) is 0 Å². The maximum Gasteiger partial charge on any atom is 0.0945 e. The molecule has 0 saturated carbocycles. The lowest BCUT2D eigenvalue weighted by Crippen LogP contribution is -2.39. The molecule has 0 aliphatic heterocycles. The van der Waals surface area contributed by atoms with Crippen molar-refractivity contribution in [2.75, 3.05) is 0 Å². The molecule has 0 spiro atoms. The molecule has 0 unspecified atom stereocenters. The summed E-state index contributed by atoms with van der Waals surface area (Å²) in [6.45, 7) is 3.48. The Balaban J connectivity index is 1.77. The molecule has 1 aromatic heterocycles. The third kappa shape index (κ3) is 2.25. The zero-order valence-electron chi connectivity index (χ0n) is 13.2. The second-order valence-electron chi connectivity index (χ2n) is 7.08. The van der Waals surface area contributed by atoms with E-state index in [2.05, 4.69) is 50.7 Å². The van der Waals surface area contributed by atoms with Gasteiger partial charge in [-0.3, -0.25) is 0 Å². The minimum Gasteiger partial charge on any atom is -0.337 e. The first-order valence-electron chi connectivity index (χ1n) is 8.48. The Morgan fingerprint density at radius 3 is 3.09 bits per heavy atom. The fourth-order valence-electron chi connectivity index (χ4n) is 4.92. The number of nitrogens with zero attached hydrogens (tertiary/aromatic N) is 2. The first-order valence-corrected chi connectivity index (χ1v) is 9.27. The van der Waals surface area contributed by atoms with Gasteiger partial charge in [-0.15, -0.1) is 0 Å². The van der Waals surface area contributed by atoms with Crippen LogP contribution in [0.25, 0.3) is 0 Å². The molecule has 1 aromatic carbocycles. The van der Waals surface area contributed by atoms with E-state index in [1.807, 2.05) is 12.5 Å². The minimum atomic E-state index is 0.413. The molecule has 2 aliphatic rings. The lowest BCUT2D eigenvalue weighted by molar-refractivity contribution is 0.225. The van der Waals surface area contributed by atoms with Crippen molar-refractivity contribution in [2.45, 2.75) is 57.4 Å². The molecular formula is C19H23BrN2. The van der Waals surface area contributed by atoms with Crippen LogP contribution in [0.5, 0.6) is 0 Å². The Bertz CT molecular complexity index is 677. The smallest absolute Gasteiger partial charge is 0.0945 e. The molecule has 2 nitrogen and oxygen atoms in total. The van der Waals surface area contributed by atoms with E-state index in [0.29, 0.717) is 11.3 Å². The summed E-state index contributed by atoms with van der Waals surface area (Å²) in [7, 11) is 0. The summed E-state index contributed by atoms with van der Waals surface area (Å²) in [5.41, 5.74) is 5.33. The lowest BCUT2D eigenvalue weighted by atomic mass is 9.59. The third-order valence-electron chi connectivity index (χ3n) is 5.85. The number of benzene rings is 1. The van der Waals surface area contributed by atoms with Gasteiger partial charge in [-0.2, -0.15) is 0 Å². The monoisotopic (exact) mass is 358 g/mol. The molecule has 0 radical (unpaired) electrons. The van der Waals surface area contributed by atoms with E-state index in [1.165, 1.54) is 43.0 Å². The molecule has 0 bridgehead atoms. The molecular weight excluding hydrogens is 336 g/mol. The van der Waals surface area contributed by atoms with Crippen LogP contribution < -0.4 is 0 Å². The van der Waals surface area contributed by atoms with Crippen LogP contribution in [0.15, 0.2) is 35.3 Å². The number of hydrogen-bond donors (Lipinski definition) is 0. The average Bonchev–Trinajstić information content (AvgIpc) is 3.03. The van der Waals surface area contributed by atoms with Gasteiger partial charge >= 0.3 is 0 Å². The van der Waals surface area contributed by atoms with Crippen molar-refractivity contribution >= 4 is 15.9 Å². The fourth-order valence-corrected chi connectivity index (χ4v) is 5.41. The summed E-state index contributed by atoms with van der Waals surface area (Å²) in [6, 6.07) is 4.64. The summed E-state index contributed by atoms with van der Waals surface area (Å²) in [4.78, 5) is 4.21. The summed E-state index contributed by atoms with van der Waals surface area (Å²) in [5.74, 6) is 0.714. The van der Waals surface area contributed by atoms with Crippen LogP contribution in [-0.2, 0) is 24.8 Å². The van der Waals surface area contributed by atoms with Crippen LogP contribution in [0.3, 0.4) is 0 Å². The number of hydrogen-bond acceptors (Lipinski definition) is 1. The summed E-state index contributed by atoms with van der Waals surface area (Å²) in [6.07, 6.45) is 13.7. The normalized spacial score (nSPS) is 26.7. The van der Waals surface area contributed by atoms with E-state index >= 15 is 0 Å². The molecule has 0 N–H and O–H groups in total. The highest BCUT2D eigenvalue weighted by Crippen LogP contribution is 2.51. The topological polar surface area (TPSA) is 17.8 Å². The van der Waals surface area contributed by atoms with E-state index in [-0.39, 0.29) is 0 Å². The van der Waals surface area contributed by atoms with E-state index in [0.717, 1.165) is 6.54 Å². The van der Waals surface area contributed by atoms with Crippen molar-refractivity contribution in [1.29, 1.82) is 0 Å². The summed E-state index contributed by atoms with van der Waals surface area (Å²) in [5, 5.41) is 0. The van der Waals surface area contributed by atoms with Gasteiger partial charge < -0.3 is 4.57 Å². The largest absolute Gasteiger partial charge is 0.337 e. The zero-order chi connectivity index (χ0) is 15.2. The predicted molar refractivity (Wildman–Crippen MR) is 93.1 cm³/mol. The standard InChI is InChI=1S/C19H23BrN2/c1-2-19-7-3-4-15-5-6-17(20)16(18(15)19)10-14(11-19)12-22-9-8-21-13-22/h5-6,8-9,13-14H,2-4,7,10-12H2,1H3/t14-,19-/m0/s1. The van der Waals surface area contributed by atoms with Crippen LogP contribution in [0.4, 0.5) is 0 Å². The highest BCUT2D eigenvalue weighted by Gasteiger charge is 2.42. The average molecular weight is 359 g/mol. The van der Waals surface area contributed by atoms with Gasteiger partial charge in [0.15, 0.2) is 0 Å². The highest BCUT2D eigenvalue weighted by molar-refractivity contribution is 9.10. The quantitative estimate of drug-likeness (QED) is 0.763. The van der Waals surface area contributed by atoms with E-state index in [9.17, 15) is 0 Å². The second-order valence-corrected chi connectivity index (χ2v) is 7.94. The molecule has 2 aliphatic carbocycles. The van der Waals surface area contributed by atoms with Crippen molar-refractivity contribution in [3.05, 3.63) is 52.0 Å². The van der Waals surface area contributed by atoms with Crippen LogP contribution in [0, 0.1) is 5.92 Å². The van der Waals surface area contributed by atoms with Gasteiger partial charge in [0.05, 0.1) is 6.33 Å². The zero-order valence-corrected chi connectivity index (χ0v) is 14.8. The number of aromatic nitrogens is 2. The Kier molecular flexibility index (Phi) is 3.64. The van der Waals surface area contributed by atoms with Gasteiger partial charge in [0.1, 0.15) is 0 Å². The molecule has 22 heavy (non-hydrogen) atoms. The lowest BCUT2D eigenvalue weighted by Gasteiger charge is -2.46. The maximum atomic E-state index is 4.21. The number of imidazole rings is 1. The first kappa shape index (κ1) is 14.5. The van der Waals surface area contributed by atoms with Crippen LogP contribution in [-0.4, -0.2) is 9.55 Å². The Hall–Kier alpha value is -1.09. The van der Waals surface area contributed by atoms with Gasteiger partial charge in [0.25, 0.3) is 0 Å². The maximum absolute atomic E-state index is 4.21. The Morgan fingerprint density at radius 1 is 1.41 bits per heavy atom. The summed E-state index contributed by atoms with van der Waals surface area (Å²) < 4.78 is 3.57. The van der Waals surface area contributed by atoms with Crippen LogP contribution in [0.2, 0.25) is 0 Å². The Morgan fingerprint density at radius 2 is 2.32 bits per heavy atom. The molecule has 1 heterocycles. The number of halogens is 1. The van der Waals surface area contributed by atoms with Crippen LogP contribution in [0.1, 0.15) is 49.3 Å². The molecule has 4 rings (SSSR count). The van der Waals surface area contributed by atoms with E-state index in [1.54, 1.807) is 16.7 Å². The first-order chi connectivity index (χ1) is 10.7. The molecule has 0 fully saturated rings. The van der Waals surface area contributed by atoms with Gasteiger partial charge in [-0.05, 0) is 72.6 Å². The highest BCUT2D eigenvalue weighted by atomic mass is 79.9. The van der Waals surface area contributed by atoms with Crippen molar-refractivity contribution in [3.8, 4) is 0 Å². The number of rotatable bonds is 3. The molecule has 0 saturated heterocycles. The van der Waals surface area contributed by atoms with Crippen molar-refractivity contribution in [2.24, 2.45) is 5.92 Å². The molecule has 0 amide bonds. The second kappa shape index (κ2) is 5.52. The van der Waals surface area contributed by atoms with Gasteiger partial charge in [0, 0.05) is 23.4 Å². The number of aryl methyl sites for hydroxylation is 1. The Labute approximate surface area is 141 Å². The summed E-state index contributed by atoms with van der Waals surface area (Å²) >= 11 is 3.84. The van der Waals surface area contributed by atoms with Gasteiger partial charge in [-0.25, -0.2) is 4.98 Å². The molecule has 2 aromatic rings. The van der Waals surface area contributed by atoms with E-state index < -0.39 is 0 Å². The third-order valence-corrected chi connectivity index (χ3v) is 6.59. The molecule has 2 atom stereocenters. The molecule has 3 heteroatoms. The van der Waals surface area contributed by atoms with Crippen molar-refractivity contribution in [1.82, 2.24) is 9.55 Å². The van der Waals surface area contributed by atoms with Crippen LogP contribution >= 0.6 is 15.9 Å². The molecule has 116 valence electrons. The predicted octanol–water partition coefficient (Wildman–Crippen LogP) is 4.89. The SMILES string of the molecule is CC[C@@]12CCCc3ccc(Br)c(c31)C[C@H](Cn1ccnc1)C2. The van der Waals surface area contributed by atoms with E-state index in [4.69, 9.17) is 0 Å². The van der Waals surface area contributed by atoms with Crippen molar-refractivity contribution in [3.63, 3.8) is 0 Å². The van der Waals surface area contributed by atoms with Gasteiger partial charge in [-0.1, -0.05) is 28.9 Å². The van der Waals surface area contributed by atoms with Crippen molar-refractivity contribution < 1.29 is 0 Å².